The van der Waals surface area contributed by atoms with Gasteiger partial charge in [0.05, 0.1) is 0 Å². The van der Waals surface area contributed by atoms with E-state index < -0.39 is 0 Å². The van der Waals surface area contributed by atoms with Crippen molar-refractivity contribution in [2.75, 3.05) is 0 Å². The van der Waals surface area contributed by atoms with Gasteiger partial charge in [0, 0.05) is 23.7 Å². The van der Waals surface area contributed by atoms with E-state index in [-0.39, 0.29) is 34.5 Å². The van der Waals surface area contributed by atoms with Crippen LogP contribution >= 0.6 is 0 Å². The third-order valence-electron chi connectivity index (χ3n) is 16.7. The maximum Gasteiger partial charge on any atom is 0.0206 e. The average Bonchev–Trinajstić information content (AvgIpc) is 3.68. The Morgan fingerprint density at radius 1 is 0.565 bits per heavy atom. The maximum atomic E-state index is 3.80. The lowest BCUT2D eigenvalue weighted by Crippen LogP contribution is -2.19. The minimum absolute atomic E-state index is 0.00210. The van der Waals surface area contributed by atoms with E-state index in [1.807, 2.05) is 0 Å². The standard InChI is InChI=1S/C69H60/c1-40-19-16-20-41(2)60(40)45-30-32-49-56(36-45)51-26-18-27-52-64(51)58(49)39-59-61(42-21-12-9-10-13-22-42)66-54-34-33-48(57-38-47(69(6,7)8)35-44-29-31-46(37-55(44)57)68(3,4)5)50-25-17-28-53(63(50)54)67(66)62(65(52)59)43-23-14-11-15-24-43/h9,11-17,19-39,49-51,56,63H,10H2,1-8H3. The Kier molecular flexibility index (Phi) is 9.32. The fourth-order valence-electron chi connectivity index (χ4n) is 13.4. The molecule has 7 aliphatic carbocycles. The van der Waals surface area contributed by atoms with Gasteiger partial charge in [0.25, 0.3) is 0 Å². The summed E-state index contributed by atoms with van der Waals surface area (Å²) in [4.78, 5) is 0. The Balaban J connectivity index is 1.11. The fourth-order valence-corrected chi connectivity index (χ4v) is 13.4. The van der Waals surface area contributed by atoms with E-state index in [2.05, 4.69) is 237 Å². The number of allylic oxidation sites excluding steroid dienone is 19. The summed E-state index contributed by atoms with van der Waals surface area (Å²) in [7, 11) is 0. The molecule has 0 amide bonds. The van der Waals surface area contributed by atoms with Crippen LogP contribution in [-0.2, 0) is 10.8 Å². The predicted molar refractivity (Wildman–Crippen MR) is 296 cm³/mol. The minimum Gasteiger partial charge on any atom is -0.124 e. The van der Waals surface area contributed by atoms with Gasteiger partial charge in [-0.3, -0.25) is 0 Å². The second-order valence-corrected chi connectivity index (χ2v) is 22.8. The highest BCUT2D eigenvalue weighted by Gasteiger charge is 2.47. The van der Waals surface area contributed by atoms with Crippen LogP contribution in [0.25, 0.3) is 66.6 Å². The first kappa shape index (κ1) is 42.1. The zero-order valence-corrected chi connectivity index (χ0v) is 41.3. The van der Waals surface area contributed by atoms with Crippen molar-refractivity contribution in [3.63, 3.8) is 0 Å². The van der Waals surface area contributed by atoms with E-state index in [1.165, 1.54) is 127 Å². The number of aryl methyl sites for hydroxylation is 2. The molecular formula is C69H60. The summed E-state index contributed by atoms with van der Waals surface area (Å²) in [6.45, 7) is 18.6. The van der Waals surface area contributed by atoms with Gasteiger partial charge in [0.15, 0.2) is 0 Å². The van der Waals surface area contributed by atoms with Crippen LogP contribution in [0.4, 0.5) is 0 Å². The molecule has 336 valence electrons. The highest BCUT2D eigenvalue weighted by atomic mass is 14.5. The van der Waals surface area contributed by atoms with Gasteiger partial charge < -0.3 is 0 Å². The molecule has 13 rings (SSSR count). The molecule has 0 nitrogen and oxygen atoms in total. The molecular weight excluding hydrogens is 829 g/mol. The maximum absolute atomic E-state index is 3.80. The number of hydrogen-bond donors (Lipinski definition) is 0. The number of rotatable bonds is 4. The zero-order valence-electron chi connectivity index (χ0n) is 41.3. The molecule has 0 saturated carbocycles. The molecule has 0 fully saturated rings. The summed E-state index contributed by atoms with van der Waals surface area (Å²) in [6, 6.07) is 32.9. The van der Waals surface area contributed by atoms with Crippen LogP contribution in [0.3, 0.4) is 0 Å². The molecule has 0 spiro atoms. The Morgan fingerprint density at radius 2 is 1.33 bits per heavy atom. The van der Waals surface area contributed by atoms with Crippen LogP contribution in [0.1, 0.15) is 127 Å². The summed E-state index contributed by atoms with van der Waals surface area (Å²) < 4.78 is 0. The molecule has 0 aromatic heterocycles. The van der Waals surface area contributed by atoms with Crippen molar-refractivity contribution >= 4 is 55.5 Å². The molecule has 0 aliphatic heterocycles. The molecule has 0 saturated heterocycles. The first-order valence-electron chi connectivity index (χ1n) is 25.4. The van der Waals surface area contributed by atoms with E-state index in [0.717, 1.165) is 6.42 Å². The summed E-state index contributed by atoms with van der Waals surface area (Å²) in [5.74, 6) is 1.20. The van der Waals surface area contributed by atoms with Gasteiger partial charge in [0.1, 0.15) is 0 Å². The lowest BCUT2D eigenvalue weighted by molar-refractivity contribution is 0.580. The summed E-state index contributed by atoms with van der Waals surface area (Å²) in [5.41, 5.74) is 30.1. The number of benzene rings is 6. The van der Waals surface area contributed by atoms with Crippen LogP contribution < -0.4 is 0 Å². The summed E-state index contributed by atoms with van der Waals surface area (Å²) in [5, 5.41) is 5.38. The SMILES string of the molecule is Cc1cccc(C)c1C1=CC2C(C=C1)c1cc3c(C4=CC=CCC=C4)c4c(c(-c5ccccc5)c3c3c1C2C=C=C3)C1=CC=CC2C(c3cc(C(C)(C)C)cc5ccc(C(C)(C)C)cc35)=CC=C4C12. The lowest BCUT2D eigenvalue weighted by Gasteiger charge is -2.33. The second-order valence-electron chi connectivity index (χ2n) is 22.8. The van der Waals surface area contributed by atoms with Crippen LogP contribution in [0.15, 0.2) is 176 Å². The highest BCUT2D eigenvalue weighted by molar-refractivity contribution is 6.20. The topological polar surface area (TPSA) is 0 Å². The molecule has 6 aromatic carbocycles. The molecule has 69 heavy (non-hydrogen) atoms. The van der Waals surface area contributed by atoms with E-state index in [0.29, 0.717) is 5.92 Å². The third-order valence-corrected chi connectivity index (χ3v) is 16.7. The van der Waals surface area contributed by atoms with Crippen molar-refractivity contribution in [3.8, 4) is 11.1 Å². The molecule has 0 heterocycles. The molecule has 0 N–H and O–H groups in total. The van der Waals surface area contributed by atoms with Gasteiger partial charge in [-0.2, -0.15) is 0 Å². The largest absolute Gasteiger partial charge is 0.124 e. The molecule has 5 atom stereocenters. The van der Waals surface area contributed by atoms with Gasteiger partial charge in [0.2, 0.25) is 0 Å². The van der Waals surface area contributed by atoms with E-state index in [4.69, 9.17) is 0 Å². The Bertz CT molecular complexity index is 3620. The van der Waals surface area contributed by atoms with Crippen LogP contribution in [0, 0.1) is 31.6 Å². The van der Waals surface area contributed by atoms with Gasteiger partial charge in [-0.05, 0) is 183 Å². The molecule has 0 radical (unpaired) electrons. The van der Waals surface area contributed by atoms with Crippen molar-refractivity contribution in [1.82, 2.24) is 0 Å². The molecule has 5 unspecified atom stereocenters. The lowest BCUT2D eigenvalue weighted by atomic mass is 9.70. The zero-order chi connectivity index (χ0) is 47.1. The van der Waals surface area contributed by atoms with E-state index in [1.54, 1.807) is 0 Å². The van der Waals surface area contributed by atoms with E-state index in [9.17, 15) is 0 Å². The summed E-state index contributed by atoms with van der Waals surface area (Å²) in [6.07, 6.45) is 37.4. The van der Waals surface area contributed by atoms with Crippen molar-refractivity contribution < 1.29 is 0 Å². The smallest absolute Gasteiger partial charge is 0.0206 e. The van der Waals surface area contributed by atoms with Crippen molar-refractivity contribution in [1.29, 1.82) is 0 Å². The van der Waals surface area contributed by atoms with Crippen molar-refractivity contribution in [2.24, 2.45) is 17.8 Å². The van der Waals surface area contributed by atoms with Crippen LogP contribution in [-0.4, -0.2) is 0 Å². The fraction of sp³-hybridized carbons (Fsp3) is 0.232. The predicted octanol–water partition coefficient (Wildman–Crippen LogP) is 18.1. The average molecular weight is 889 g/mol. The first-order chi connectivity index (χ1) is 33.3. The summed E-state index contributed by atoms with van der Waals surface area (Å²) >= 11 is 0. The quantitative estimate of drug-likeness (QED) is 0.155. The van der Waals surface area contributed by atoms with Gasteiger partial charge in [-0.1, -0.05) is 199 Å². The molecule has 0 bridgehead atoms. The minimum atomic E-state index is 0.00210. The normalized spacial score (nSPS) is 22.4. The Hall–Kier alpha value is -6.98. The monoisotopic (exact) mass is 888 g/mol. The van der Waals surface area contributed by atoms with E-state index >= 15 is 0 Å². The molecule has 7 aliphatic rings. The van der Waals surface area contributed by atoms with Crippen LogP contribution in [0.2, 0.25) is 0 Å². The molecule has 6 aromatic rings. The van der Waals surface area contributed by atoms with Crippen molar-refractivity contribution in [3.05, 3.63) is 242 Å². The van der Waals surface area contributed by atoms with Gasteiger partial charge in [-0.25, -0.2) is 0 Å². The molecule has 0 heteroatoms. The highest BCUT2D eigenvalue weighted by Crippen LogP contribution is 2.64. The van der Waals surface area contributed by atoms with Gasteiger partial charge >= 0.3 is 0 Å². The van der Waals surface area contributed by atoms with Crippen molar-refractivity contribution in [2.45, 2.75) is 84.5 Å². The second kappa shape index (κ2) is 15.3. The number of fused-ring (bicyclic) bond motifs is 9. The third kappa shape index (κ3) is 6.35. The number of hydrogen-bond acceptors (Lipinski definition) is 0. The Morgan fingerprint density at radius 3 is 2.13 bits per heavy atom. The van der Waals surface area contributed by atoms with Gasteiger partial charge in [-0.15, -0.1) is 5.73 Å². The first-order valence-corrected chi connectivity index (χ1v) is 25.4. The Labute approximate surface area is 409 Å². The van der Waals surface area contributed by atoms with Crippen LogP contribution in [0.5, 0.6) is 0 Å².